The van der Waals surface area contributed by atoms with Crippen molar-refractivity contribution in [2.45, 2.75) is 5.92 Å². The molecule has 0 amide bonds. The number of nitrogens with one attached hydrogen (secondary N) is 3. The standard InChI is InChI=1S/C20H22ClN3OS/c1-25-11-10-22-20(26)24-13-16(14-6-2-4-8-18(14)21)17-12-23-19-9-5-3-7-15(17)19/h2-9,12,16,23H,10-11,13H2,1H3,(H2,22,24,26). The van der Waals surface area contributed by atoms with Gasteiger partial charge in [0, 0.05) is 48.2 Å². The van der Waals surface area contributed by atoms with Gasteiger partial charge >= 0.3 is 0 Å². The van der Waals surface area contributed by atoms with Crippen molar-refractivity contribution in [2.24, 2.45) is 0 Å². The number of hydrogen-bond acceptors (Lipinski definition) is 2. The van der Waals surface area contributed by atoms with Gasteiger partial charge in [-0.15, -0.1) is 0 Å². The fraction of sp³-hybridized carbons (Fsp3) is 0.250. The van der Waals surface area contributed by atoms with Crippen LogP contribution in [0.2, 0.25) is 5.02 Å². The highest BCUT2D eigenvalue weighted by Crippen LogP contribution is 2.33. The lowest BCUT2D eigenvalue weighted by molar-refractivity contribution is 0.204. The van der Waals surface area contributed by atoms with Crippen molar-refractivity contribution in [1.82, 2.24) is 15.6 Å². The molecule has 0 fully saturated rings. The van der Waals surface area contributed by atoms with Crippen molar-refractivity contribution < 1.29 is 4.74 Å². The second-order valence-corrected chi connectivity index (χ2v) is 6.81. The third kappa shape index (κ3) is 4.36. The Morgan fingerprint density at radius 1 is 1.12 bits per heavy atom. The number of para-hydroxylation sites is 1. The van der Waals surface area contributed by atoms with Gasteiger partial charge in [-0.1, -0.05) is 48.0 Å². The van der Waals surface area contributed by atoms with E-state index in [0.29, 0.717) is 24.8 Å². The summed E-state index contributed by atoms with van der Waals surface area (Å²) < 4.78 is 5.04. The van der Waals surface area contributed by atoms with Crippen LogP contribution in [0.5, 0.6) is 0 Å². The van der Waals surface area contributed by atoms with E-state index in [2.05, 4.69) is 40.0 Å². The van der Waals surface area contributed by atoms with Gasteiger partial charge in [0.05, 0.1) is 6.61 Å². The molecule has 0 spiro atoms. The molecule has 0 aliphatic carbocycles. The molecular formula is C20H22ClN3OS. The van der Waals surface area contributed by atoms with Crippen LogP contribution < -0.4 is 10.6 Å². The van der Waals surface area contributed by atoms with Gasteiger partial charge in [0.1, 0.15) is 0 Å². The molecule has 26 heavy (non-hydrogen) atoms. The van der Waals surface area contributed by atoms with E-state index in [1.165, 1.54) is 10.9 Å². The third-order valence-electron chi connectivity index (χ3n) is 4.34. The second kappa shape index (κ2) is 9.03. The number of hydrogen-bond donors (Lipinski definition) is 3. The van der Waals surface area contributed by atoms with Crippen LogP contribution in [0.1, 0.15) is 17.0 Å². The summed E-state index contributed by atoms with van der Waals surface area (Å²) in [6.07, 6.45) is 2.06. The van der Waals surface area contributed by atoms with E-state index in [0.717, 1.165) is 16.1 Å². The first kappa shape index (κ1) is 18.7. The van der Waals surface area contributed by atoms with Crippen LogP contribution >= 0.6 is 23.8 Å². The Morgan fingerprint density at radius 2 is 1.88 bits per heavy atom. The normalized spacial score (nSPS) is 12.1. The molecule has 3 aromatic rings. The van der Waals surface area contributed by atoms with Crippen LogP contribution in [0.3, 0.4) is 0 Å². The summed E-state index contributed by atoms with van der Waals surface area (Å²) in [5.41, 5.74) is 3.38. The van der Waals surface area contributed by atoms with E-state index < -0.39 is 0 Å². The second-order valence-electron chi connectivity index (χ2n) is 5.99. The van der Waals surface area contributed by atoms with Gasteiger partial charge in [-0.05, 0) is 35.5 Å². The molecule has 3 N–H and O–H groups in total. The van der Waals surface area contributed by atoms with Crippen molar-refractivity contribution in [1.29, 1.82) is 0 Å². The lowest BCUT2D eigenvalue weighted by atomic mass is 9.91. The molecule has 0 saturated carbocycles. The number of methoxy groups -OCH3 is 1. The molecule has 0 radical (unpaired) electrons. The van der Waals surface area contributed by atoms with Crippen LogP contribution in [0.4, 0.5) is 0 Å². The lowest BCUT2D eigenvalue weighted by Gasteiger charge is -2.20. The van der Waals surface area contributed by atoms with Crippen LogP contribution in [0.25, 0.3) is 10.9 Å². The van der Waals surface area contributed by atoms with Gasteiger partial charge in [-0.25, -0.2) is 0 Å². The number of H-pyrrole nitrogens is 1. The van der Waals surface area contributed by atoms with E-state index in [4.69, 9.17) is 28.6 Å². The minimum Gasteiger partial charge on any atom is -0.383 e. The van der Waals surface area contributed by atoms with E-state index in [1.807, 2.05) is 30.3 Å². The Hall–Kier alpha value is -2.08. The summed E-state index contributed by atoms with van der Waals surface area (Å²) in [7, 11) is 1.67. The predicted octanol–water partition coefficient (Wildman–Crippen LogP) is 4.06. The van der Waals surface area contributed by atoms with Gasteiger partial charge in [0.2, 0.25) is 0 Å². The SMILES string of the molecule is COCCNC(=S)NCC(c1ccccc1Cl)c1c[nH]c2ccccc12. The van der Waals surface area contributed by atoms with Gasteiger partial charge < -0.3 is 20.4 Å². The summed E-state index contributed by atoms with van der Waals surface area (Å²) in [4.78, 5) is 3.35. The molecule has 3 rings (SSSR count). The van der Waals surface area contributed by atoms with Crippen molar-refractivity contribution in [3.63, 3.8) is 0 Å². The molecule has 0 saturated heterocycles. The monoisotopic (exact) mass is 387 g/mol. The van der Waals surface area contributed by atoms with Crippen molar-refractivity contribution in [2.75, 3.05) is 26.8 Å². The average Bonchev–Trinajstić information content (AvgIpc) is 3.08. The first-order valence-corrected chi connectivity index (χ1v) is 9.30. The highest BCUT2D eigenvalue weighted by molar-refractivity contribution is 7.80. The van der Waals surface area contributed by atoms with Gasteiger partial charge in [0.25, 0.3) is 0 Å². The highest BCUT2D eigenvalue weighted by atomic mass is 35.5. The summed E-state index contributed by atoms with van der Waals surface area (Å²) in [6, 6.07) is 16.2. The molecule has 6 heteroatoms. The summed E-state index contributed by atoms with van der Waals surface area (Å²) >= 11 is 11.9. The highest BCUT2D eigenvalue weighted by Gasteiger charge is 2.20. The van der Waals surface area contributed by atoms with Gasteiger partial charge in [-0.3, -0.25) is 0 Å². The summed E-state index contributed by atoms with van der Waals surface area (Å²) in [5.74, 6) is 0.0713. The molecule has 0 aliphatic heterocycles. The molecule has 136 valence electrons. The Kier molecular flexibility index (Phi) is 6.50. The molecule has 1 unspecified atom stereocenters. The Labute approximate surface area is 163 Å². The zero-order valence-corrected chi connectivity index (χ0v) is 16.2. The molecule has 0 bridgehead atoms. The molecule has 1 aromatic heterocycles. The van der Waals surface area contributed by atoms with Crippen molar-refractivity contribution >= 4 is 39.8 Å². The third-order valence-corrected chi connectivity index (χ3v) is 4.97. The Morgan fingerprint density at radius 3 is 2.69 bits per heavy atom. The average molecular weight is 388 g/mol. The fourth-order valence-corrected chi connectivity index (χ4v) is 3.50. The van der Waals surface area contributed by atoms with E-state index in [1.54, 1.807) is 7.11 Å². The number of thiocarbonyl (C=S) groups is 1. The smallest absolute Gasteiger partial charge is 0.166 e. The van der Waals surface area contributed by atoms with Crippen LogP contribution in [0.15, 0.2) is 54.7 Å². The van der Waals surface area contributed by atoms with E-state index in [-0.39, 0.29) is 5.92 Å². The van der Waals surface area contributed by atoms with E-state index >= 15 is 0 Å². The molecular weight excluding hydrogens is 366 g/mol. The van der Waals surface area contributed by atoms with Crippen LogP contribution in [-0.2, 0) is 4.74 Å². The number of aromatic nitrogens is 1. The minimum atomic E-state index is 0.0713. The van der Waals surface area contributed by atoms with E-state index in [9.17, 15) is 0 Å². The Balaban J connectivity index is 1.86. The minimum absolute atomic E-state index is 0.0713. The lowest BCUT2D eigenvalue weighted by Crippen LogP contribution is -2.39. The van der Waals surface area contributed by atoms with Crippen molar-refractivity contribution in [3.05, 3.63) is 70.9 Å². The number of fused-ring (bicyclic) bond motifs is 1. The number of rotatable bonds is 7. The summed E-state index contributed by atoms with van der Waals surface area (Å²) in [6.45, 7) is 1.93. The first-order valence-electron chi connectivity index (χ1n) is 8.51. The number of aromatic amines is 1. The molecule has 4 nitrogen and oxygen atoms in total. The number of benzene rings is 2. The van der Waals surface area contributed by atoms with Gasteiger partial charge in [0.15, 0.2) is 5.11 Å². The maximum atomic E-state index is 6.50. The maximum absolute atomic E-state index is 6.50. The molecule has 1 heterocycles. The zero-order valence-electron chi connectivity index (χ0n) is 14.6. The molecule has 1 atom stereocenters. The number of halogens is 1. The first-order chi connectivity index (χ1) is 12.7. The Bertz CT molecular complexity index is 880. The van der Waals surface area contributed by atoms with Crippen LogP contribution in [-0.4, -0.2) is 36.9 Å². The summed E-state index contributed by atoms with van der Waals surface area (Å²) in [5, 5.41) is 9.01. The quantitative estimate of drug-likeness (QED) is 0.422. The fourth-order valence-electron chi connectivity index (χ4n) is 3.05. The predicted molar refractivity (Wildman–Crippen MR) is 112 cm³/mol. The van der Waals surface area contributed by atoms with Crippen LogP contribution in [0, 0.1) is 0 Å². The topological polar surface area (TPSA) is 49.1 Å². The van der Waals surface area contributed by atoms with Crippen molar-refractivity contribution in [3.8, 4) is 0 Å². The largest absolute Gasteiger partial charge is 0.383 e. The van der Waals surface area contributed by atoms with Gasteiger partial charge in [-0.2, -0.15) is 0 Å². The molecule has 2 aromatic carbocycles. The maximum Gasteiger partial charge on any atom is 0.166 e. The zero-order chi connectivity index (χ0) is 18.4. The number of ether oxygens (including phenoxy) is 1. The molecule has 0 aliphatic rings.